The smallest absolute Gasteiger partial charge is 0.145 e. The summed E-state index contributed by atoms with van der Waals surface area (Å²) in [7, 11) is -0.958. The van der Waals surface area contributed by atoms with E-state index in [9.17, 15) is 8.60 Å². The molecule has 1 heterocycles. The minimum Gasteiger partial charge on any atom is -0.489 e. The fraction of sp³-hybridized carbons (Fsp3) is 0.250. The van der Waals surface area contributed by atoms with Gasteiger partial charge in [0, 0.05) is 34.6 Å². The molecule has 2 aromatic carbocycles. The first-order chi connectivity index (χ1) is 10.1. The van der Waals surface area contributed by atoms with Crippen molar-refractivity contribution >= 4 is 16.5 Å². The van der Waals surface area contributed by atoms with Crippen LogP contribution in [0.3, 0.4) is 0 Å². The van der Waals surface area contributed by atoms with Crippen LogP contribution in [0.2, 0.25) is 0 Å². The summed E-state index contributed by atoms with van der Waals surface area (Å²) >= 11 is 0. The summed E-state index contributed by atoms with van der Waals surface area (Å²) in [6, 6.07) is 12.4. The highest BCUT2D eigenvalue weighted by molar-refractivity contribution is 7.84. The van der Waals surface area contributed by atoms with Crippen molar-refractivity contribution in [3.05, 3.63) is 53.8 Å². The third-order valence-electron chi connectivity index (χ3n) is 3.51. The second kappa shape index (κ2) is 5.85. The van der Waals surface area contributed by atoms with E-state index >= 15 is 0 Å². The van der Waals surface area contributed by atoms with E-state index in [0.717, 1.165) is 29.2 Å². The van der Waals surface area contributed by atoms with Crippen LogP contribution in [0.15, 0.2) is 47.4 Å². The number of ether oxygens (including phenoxy) is 1. The Morgan fingerprint density at radius 1 is 1.24 bits per heavy atom. The summed E-state index contributed by atoms with van der Waals surface area (Å²) in [4.78, 5) is 2.99. The highest BCUT2D eigenvalue weighted by atomic mass is 32.2. The van der Waals surface area contributed by atoms with Crippen molar-refractivity contribution in [1.82, 2.24) is 0 Å². The Hall–Kier alpha value is -1.88. The van der Waals surface area contributed by atoms with Crippen LogP contribution in [0.4, 0.5) is 10.1 Å². The summed E-state index contributed by atoms with van der Waals surface area (Å²) in [5, 5.41) is 0. The number of benzene rings is 2. The quantitative estimate of drug-likeness (QED) is 0.873. The average Bonchev–Trinajstić information content (AvgIpc) is 2.47. The molecule has 0 unspecified atom stereocenters. The van der Waals surface area contributed by atoms with Gasteiger partial charge in [-0.25, -0.2) is 4.39 Å². The maximum atomic E-state index is 13.2. The lowest BCUT2D eigenvalue weighted by atomic mass is 10.1. The molecule has 21 heavy (non-hydrogen) atoms. The fourth-order valence-electron chi connectivity index (χ4n) is 2.42. The zero-order valence-electron chi connectivity index (χ0n) is 11.7. The lowest BCUT2D eigenvalue weighted by molar-refractivity contribution is 0.305. The number of fused-ring (bicyclic) bond motifs is 1. The van der Waals surface area contributed by atoms with Crippen molar-refractivity contribution in [1.29, 1.82) is 0 Å². The molecule has 1 aliphatic rings. The maximum absolute atomic E-state index is 13.2. The SMILES string of the molecule is C[S@@](=O)c1ccc(CN2CCOc3cc(F)ccc32)cc1. The second-order valence-electron chi connectivity index (χ2n) is 4.98. The molecule has 0 saturated carbocycles. The van der Waals surface area contributed by atoms with Crippen molar-refractivity contribution < 1.29 is 13.3 Å². The largest absolute Gasteiger partial charge is 0.489 e. The summed E-state index contributed by atoms with van der Waals surface area (Å²) in [5.74, 6) is 0.304. The number of nitrogens with zero attached hydrogens (tertiary/aromatic N) is 1. The van der Waals surface area contributed by atoms with Gasteiger partial charge in [-0.15, -0.1) is 0 Å². The minimum absolute atomic E-state index is 0.287. The van der Waals surface area contributed by atoms with Crippen molar-refractivity contribution in [2.75, 3.05) is 24.3 Å². The Labute approximate surface area is 125 Å². The summed E-state index contributed by atoms with van der Waals surface area (Å²) < 4.78 is 30.1. The van der Waals surface area contributed by atoms with Crippen molar-refractivity contribution in [2.45, 2.75) is 11.4 Å². The van der Waals surface area contributed by atoms with Crippen LogP contribution in [-0.4, -0.2) is 23.6 Å². The Balaban J connectivity index is 1.81. The average molecular weight is 305 g/mol. The van der Waals surface area contributed by atoms with Crippen LogP contribution in [0.5, 0.6) is 5.75 Å². The van der Waals surface area contributed by atoms with Crippen LogP contribution in [0.1, 0.15) is 5.56 Å². The van der Waals surface area contributed by atoms with Crippen LogP contribution in [-0.2, 0) is 17.3 Å². The Kier molecular flexibility index (Phi) is 3.92. The molecule has 0 aliphatic carbocycles. The highest BCUT2D eigenvalue weighted by Gasteiger charge is 2.18. The molecule has 1 atom stereocenters. The van der Waals surface area contributed by atoms with Crippen molar-refractivity contribution in [3.8, 4) is 5.75 Å². The molecule has 0 fully saturated rings. The maximum Gasteiger partial charge on any atom is 0.145 e. The van der Waals surface area contributed by atoms with Gasteiger partial charge in [-0.1, -0.05) is 12.1 Å². The van der Waals surface area contributed by atoms with Gasteiger partial charge in [0.1, 0.15) is 18.2 Å². The van der Waals surface area contributed by atoms with Gasteiger partial charge in [-0.05, 0) is 29.8 Å². The Morgan fingerprint density at radius 3 is 2.71 bits per heavy atom. The van der Waals surface area contributed by atoms with Gasteiger partial charge < -0.3 is 9.64 Å². The Bertz CT molecular complexity index is 672. The molecular formula is C16H16FNO2S. The molecule has 0 saturated heterocycles. The van der Waals surface area contributed by atoms with Crippen molar-refractivity contribution in [3.63, 3.8) is 0 Å². The molecule has 110 valence electrons. The third kappa shape index (κ3) is 3.08. The summed E-state index contributed by atoms with van der Waals surface area (Å²) in [6.07, 6.45) is 1.67. The van der Waals surface area contributed by atoms with Crippen LogP contribution in [0.25, 0.3) is 0 Å². The van der Waals surface area contributed by atoms with E-state index in [0.29, 0.717) is 12.4 Å². The van der Waals surface area contributed by atoms with Crippen LogP contribution in [0, 0.1) is 5.82 Å². The first kappa shape index (κ1) is 14.1. The zero-order valence-corrected chi connectivity index (χ0v) is 12.5. The van der Waals surface area contributed by atoms with Gasteiger partial charge in [0.2, 0.25) is 0 Å². The second-order valence-corrected chi connectivity index (χ2v) is 6.36. The molecule has 5 heteroatoms. The first-order valence-corrected chi connectivity index (χ1v) is 8.29. The lowest BCUT2D eigenvalue weighted by Crippen LogP contribution is -2.32. The van der Waals surface area contributed by atoms with E-state index < -0.39 is 10.8 Å². The van der Waals surface area contributed by atoms with Gasteiger partial charge in [-0.2, -0.15) is 0 Å². The van der Waals surface area contributed by atoms with Gasteiger partial charge in [0.15, 0.2) is 0 Å². The molecule has 2 aromatic rings. The fourth-order valence-corrected chi connectivity index (χ4v) is 2.94. The molecular weight excluding hydrogens is 289 g/mol. The van der Waals surface area contributed by atoms with E-state index in [1.54, 1.807) is 12.3 Å². The van der Waals surface area contributed by atoms with Gasteiger partial charge >= 0.3 is 0 Å². The monoisotopic (exact) mass is 305 g/mol. The molecule has 0 bridgehead atoms. The predicted molar refractivity (Wildman–Crippen MR) is 81.7 cm³/mol. The number of halogens is 1. The highest BCUT2D eigenvalue weighted by Crippen LogP contribution is 2.33. The van der Waals surface area contributed by atoms with E-state index in [-0.39, 0.29) is 5.82 Å². The number of rotatable bonds is 3. The molecule has 0 amide bonds. The van der Waals surface area contributed by atoms with Gasteiger partial charge in [0.25, 0.3) is 0 Å². The first-order valence-electron chi connectivity index (χ1n) is 6.73. The van der Waals surface area contributed by atoms with Gasteiger partial charge in [-0.3, -0.25) is 4.21 Å². The van der Waals surface area contributed by atoms with Crippen molar-refractivity contribution in [2.24, 2.45) is 0 Å². The summed E-state index contributed by atoms with van der Waals surface area (Å²) in [5.41, 5.74) is 2.03. The lowest BCUT2D eigenvalue weighted by Gasteiger charge is -2.31. The van der Waals surface area contributed by atoms with Crippen LogP contribution >= 0.6 is 0 Å². The zero-order chi connectivity index (χ0) is 14.8. The van der Waals surface area contributed by atoms with Crippen LogP contribution < -0.4 is 9.64 Å². The molecule has 0 radical (unpaired) electrons. The number of hydrogen-bond donors (Lipinski definition) is 0. The van der Waals surface area contributed by atoms with E-state index in [4.69, 9.17) is 4.74 Å². The van der Waals surface area contributed by atoms with E-state index in [1.807, 2.05) is 24.3 Å². The molecule has 0 aromatic heterocycles. The van der Waals surface area contributed by atoms with E-state index in [1.165, 1.54) is 12.1 Å². The standard InChI is InChI=1S/C16H16FNO2S/c1-21(19)14-5-2-12(3-6-14)11-18-8-9-20-16-10-13(17)4-7-15(16)18/h2-7,10H,8-9,11H2,1H3/t21-/m1/s1. The molecule has 0 N–H and O–H groups in total. The number of anilines is 1. The molecule has 3 nitrogen and oxygen atoms in total. The molecule has 1 aliphatic heterocycles. The van der Waals surface area contributed by atoms with E-state index in [2.05, 4.69) is 4.90 Å². The minimum atomic E-state index is -0.958. The van der Waals surface area contributed by atoms with Gasteiger partial charge in [0.05, 0.1) is 12.2 Å². The number of hydrogen-bond acceptors (Lipinski definition) is 3. The topological polar surface area (TPSA) is 29.5 Å². The molecule has 3 rings (SSSR count). The summed E-state index contributed by atoms with van der Waals surface area (Å²) in [6.45, 7) is 2.03. The normalized spacial score (nSPS) is 15.2. The predicted octanol–water partition coefficient (Wildman–Crippen LogP) is 2.96. The third-order valence-corrected chi connectivity index (χ3v) is 4.45. The molecule has 0 spiro atoms. The Morgan fingerprint density at radius 2 is 2.00 bits per heavy atom.